The Kier molecular flexibility index (Phi) is 3.38. The van der Waals surface area contributed by atoms with E-state index in [4.69, 9.17) is 4.74 Å². The number of fused-ring (bicyclic) bond motifs is 1. The third-order valence-electron chi connectivity index (χ3n) is 2.90. The van der Waals surface area contributed by atoms with Gasteiger partial charge in [-0.15, -0.1) is 0 Å². The molecule has 0 unspecified atom stereocenters. The van der Waals surface area contributed by atoms with Crippen LogP contribution in [0.25, 0.3) is 11.0 Å². The minimum atomic E-state index is -0.412. The lowest BCUT2D eigenvalue weighted by Crippen LogP contribution is -2.13. The highest BCUT2D eigenvalue weighted by atomic mass is 79.9. The molecule has 6 heteroatoms. The van der Waals surface area contributed by atoms with Gasteiger partial charge in [0.25, 0.3) is 0 Å². The number of aryl methyl sites for hydroxylation is 1. The zero-order valence-corrected chi connectivity index (χ0v) is 13.2. The summed E-state index contributed by atoms with van der Waals surface area (Å²) in [5.74, 6) is -0.412. The summed E-state index contributed by atoms with van der Waals surface area (Å²) in [5.41, 5.74) is 1.91. The Morgan fingerprint density at radius 2 is 2.05 bits per heavy atom. The Morgan fingerprint density at radius 1 is 1.42 bits per heavy atom. The average Bonchev–Trinajstić information content (AvgIpc) is 2.67. The van der Waals surface area contributed by atoms with Crippen molar-refractivity contribution in [3.63, 3.8) is 0 Å². The van der Waals surface area contributed by atoms with Crippen molar-refractivity contribution in [1.82, 2.24) is 14.8 Å². The molecule has 19 heavy (non-hydrogen) atoms. The molecule has 0 aromatic carbocycles. The molecular formula is C13H16BrN3O2. The Morgan fingerprint density at radius 3 is 2.58 bits per heavy atom. The third-order valence-corrected chi connectivity index (χ3v) is 3.73. The summed E-state index contributed by atoms with van der Waals surface area (Å²) in [6.45, 7) is 6.23. The van der Waals surface area contributed by atoms with E-state index in [0.717, 1.165) is 16.7 Å². The number of carbonyl (C=O) groups is 1. The molecule has 0 fully saturated rings. The molecule has 0 saturated carbocycles. The van der Waals surface area contributed by atoms with Crippen LogP contribution < -0.4 is 0 Å². The molecule has 0 saturated heterocycles. The predicted molar refractivity (Wildman–Crippen MR) is 76.2 cm³/mol. The van der Waals surface area contributed by atoms with E-state index in [2.05, 4.69) is 46.8 Å². The largest absolute Gasteiger partial charge is 0.465 e. The lowest BCUT2D eigenvalue weighted by molar-refractivity contribution is 0.0599. The zero-order valence-electron chi connectivity index (χ0n) is 11.6. The van der Waals surface area contributed by atoms with Crippen molar-refractivity contribution in [3.8, 4) is 0 Å². The van der Waals surface area contributed by atoms with Crippen LogP contribution in [0.1, 0.15) is 36.8 Å². The number of carbonyl (C=O) groups excluding carboxylic acids is 1. The second kappa shape index (κ2) is 4.59. The molecule has 0 N–H and O–H groups in total. The van der Waals surface area contributed by atoms with Crippen LogP contribution in [0, 0.1) is 0 Å². The van der Waals surface area contributed by atoms with E-state index >= 15 is 0 Å². The summed E-state index contributed by atoms with van der Waals surface area (Å²) < 4.78 is 7.17. The molecule has 0 aliphatic rings. The first-order chi connectivity index (χ1) is 8.77. The number of aromatic nitrogens is 3. The van der Waals surface area contributed by atoms with Gasteiger partial charge in [0.2, 0.25) is 0 Å². The highest BCUT2D eigenvalue weighted by Crippen LogP contribution is 2.34. The molecule has 102 valence electrons. The Balaban J connectivity index is 2.84. The Labute approximate surface area is 120 Å². The topological polar surface area (TPSA) is 57.0 Å². The lowest BCUT2D eigenvalue weighted by atomic mass is 9.90. The molecule has 0 amide bonds. The standard InChI is InChI=1S/C13H16BrN3O2/c1-13(2,3)10-8-9(14)7(12(18)19-5)6-15-11(8)17(4)16-10/h6H,1-5H3. The molecule has 0 atom stereocenters. The minimum absolute atomic E-state index is 0.140. The SMILES string of the molecule is COC(=O)c1cnc2c(c(C(C)(C)C)nn2C)c1Br. The Bertz CT molecular complexity index is 656. The van der Waals surface area contributed by atoms with Gasteiger partial charge in [-0.1, -0.05) is 20.8 Å². The van der Waals surface area contributed by atoms with Crippen molar-refractivity contribution < 1.29 is 9.53 Å². The molecule has 0 aliphatic heterocycles. The van der Waals surface area contributed by atoms with E-state index in [1.807, 2.05) is 7.05 Å². The summed E-state index contributed by atoms with van der Waals surface area (Å²) in [6.07, 6.45) is 1.51. The van der Waals surface area contributed by atoms with Crippen LogP contribution >= 0.6 is 15.9 Å². The number of hydrogen-bond acceptors (Lipinski definition) is 4. The number of pyridine rings is 1. The van der Waals surface area contributed by atoms with E-state index in [1.165, 1.54) is 13.3 Å². The molecule has 0 spiro atoms. The quantitative estimate of drug-likeness (QED) is 0.756. The highest BCUT2D eigenvalue weighted by molar-refractivity contribution is 9.10. The molecular weight excluding hydrogens is 310 g/mol. The first-order valence-corrected chi connectivity index (χ1v) is 6.66. The summed E-state index contributed by atoms with van der Waals surface area (Å²) in [6, 6.07) is 0. The molecule has 2 aromatic rings. The molecule has 0 bridgehead atoms. The van der Waals surface area contributed by atoms with Crippen molar-refractivity contribution in [2.45, 2.75) is 26.2 Å². The number of esters is 1. The first kappa shape index (κ1) is 14.0. The van der Waals surface area contributed by atoms with Crippen molar-refractivity contribution in [3.05, 3.63) is 21.9 Å². The first-order valence-electron chi connectivity index (χ1n) is 5.87. The fourth-order valence-electron chi connectivity index (χ4n) is 1.96. The highest BCUT2D eigenvalue weighted by Gasteiger charge is 2.26. The van der Waals surface area contributed by atoms with E-state index in [1.54, 1.807) is 4.68 Å². The van der Waals surface area contributed by atoms with Crippen LogP contribution in [-0.4, -0.2) is 27.8 Å². The summed E-state index contributed by atoms with van der Waals surface area (Å²) in [4.78, 5) is 16.0. The summed E-state index contributed by atoms with van der Waals surface area (Å²) in [7, 11) is 3.20. The monoisotopic (exact) mass is 325 g/mol. The van der Waals surface area contributed by atoms with Gasteiger partial charge in [-0.25, -0.2) is 9.78 Å². The van der Waals surface area contributed by atoms with Gasteiger partial charge in [0.1, 0.15) is 0 Å². The van der Waals surface area contributed by atoms with E-state index in [9.17, 15) is 4.79 Å². The van der Waals surface area contributed by atoms with Crippen molar-refractivity contribution >= 4 is 32.9 Å². The summed E-state index contributed by atoms with van der Waals surface area (Å²) >= 11 is 3.49. The predicted octanol–water partition coefficient (Wildman–Crippen LogP) is 2.81. The van der Waals surface area contributed by atoms with Crippen molar-refractivity contribution in [2.24, 2.45) is 7.05 Å². The number of halogens is 1. The molecule has 2 heterocycles. The van der Waals surface area contributed by atoms with Gasteiger partial charge in [-0.05, 0) is 15.9 Å². The second-order valence-corrected chi connectivity index (χ2v) is 6.19. The molecule has 5 nitrogen and oxygen atoms in total. The zero-order chi connectivity index (χ0) is 14.4. The van der Waals surface area contributed by atoms with E-state index in [0.29, 0.717) is 10.0 Å². The van der Waals surface area contributed by atoms with E-state index in [-0.39, 0.29) is 5.41 Å². The van der Waals surface area contributed by atoms with Crippen LogP contribution in [0.3, 0.4) is 0 Å². The lowest BCUT2D eigenvalue weighted by Gasteiger charge is -2.16. The van der Waals surface area contributed by atoms with Crippen LogP contribution in [-0.2, 0) is 17.2 Å². The number of hydrogen-bond donors (Lipinski definition) is 0. The van der Waals surface area contributed by atoms with Gasteiger partial charge in [0.05, 0.1) is 23.8 Å². The smallest absolute Gasteiger partial charge is 0.340 e. The van der Waals surface area contributed by atoms with Crippen LogP contribution in [0.5, 0.6) is 0 Å². The van der Waals surface area contributed by atoms with Gasteiger partial charge >= 0.3 is 5.97 Å². The minimum Gasteiger partial charge on any atom is -0.465 e. The summed E-state index contributed by atoms with van der Waals surface area (Å²) in [5, 5.41) is 5.38. The molecule has 2 aromatic heterocycles. The third kappa shape index (κ3) is 2.25. The maximum Gasteiger partial charge on any atom is 0.340 e. The average molecular weight is 326 g/mol. The van der Waals surface area contributed by atoms with Crippen molar-refractivity contribution in [2.75, 3.05) is 7.11 Å². The normalized spacial score (nSPS) is 11.9. The number of rotatable bonds is 1. The maximum atomic E-state index is 11.7. The van der Waals surface area contributed by atoms with Crippen LogP contribution in [0.2, 0.25) is 0 Å². The van der Waals surface area contributed by atoms with Gasteiger partial charge < -0.3 is 4.74 Å². The van der Waals surface area contributed by atoms with Gasteiger partial charge in [-0.3, -0.25) is 4.68 Å². The Hall–Kier alpha value is -1.43. The second-order valence-electron chi connectivity index (χ2n) is 5.40. The van der Waals surface area contributed by atoms with Crippen LogP contribution in [0.4, 0.5) is 0 Å². The number of nitrogens with zero attached hydrogens (tertiary/aromatic N) is 3. The molecule has 2 rings (SSSR count). The van der Waals surface area contributed by atoms with Gasteiger partial charge in [0.15, 0.2) is 5.65 Å². The maximum absolute atomic E-state index is 11.7. The number of ether oxygens (including phenoxy) is 1. The van der Waals surface area contributed by atoms with Gasteiger partial charge in [-0.2, -0.15) is 5.10 Å². The van der Waals surface area contributed by atoms with Gasteiger partial charge in [0, 0.05) is 23.1 Å². The fourth-order valence-corrected chi connectivity index (χ4v) is 2.59. The molecule has 0 aliphatic carbocycles. The number of methoxy groups -OCH3 is 1. The fraction of sp³-hybridized carbons (Fsp3) is 0.462. The van der Waals surface area contributed by atoms with Crippen molar-refractivity contribution in [1.29, 1.82) is 0 Å². The molecule has 0 radical (unpaired) electrons. The van der Waals surface area contributed by atoms with E-state index < -0.39 is 5.97 Å². The van der Waals surface area contributed by atoms with Crippen LogP contribution in [0.15, 0.2) is 10.7 Å².